The molecule has 4 aliphatic heterocycles. The highest BCUT2D eigenvalue weighted by Gasteiger charge is 2.45. The lowest BCUT2D eigenvalue weighted by atomic mass is 9.81. The number of rotatable bonds is 13. The zero-order valence-electron chi connectivity index (χ0n) is 41.9. The minimum atomic E-state index is -0.788. The summed E-state index contributed by atoms with van der Waals surface area (Å²) in [6, 6.07) is 19.4. The van der Waals surface area contributed by atoms with Gasteiger partial charge in [0.2, 0.25) is 17.8 Å². The average molecular weight is 1010 g/mol. The third-order valence-electron chi connectivity index (χ3n) is 16.4. The molecule has 4 aromatic heterocycles. The number of aryl methyl sites for hydroxylation is 1. The first kappa shape index (κ1) is 48.8. The van der Waals surface area contributed by atoms with Crippen molar-refractivity contribution in [2.75, 3.05) is 48.3 Å². The highest BCUT2D eigenvalue weighted by atomic mass is 32.1. The number of thiazole rings is 1. The van der Waals surface area contributed by atoms with E-state index in [9.17, 15) is 19.8 Å². The van der Waals surface area contributed by atoms with Crippen molar-refractivity contribution in [3.63, 3.8) is 0 Å². The summed E-state index contributed by atoms with van der Waals surface area (Å²) >= 11 is 1.60. The number of amides is 2. The zero-order chi connectivity index (χ0) is 50.3. The summed E-state index contributed by atoms with van der Waals surface area (Å²) in [6.45, 7) is 10.0. The Morgan fingerprint density at radius 2 is 1.58 bits per heavy atom. The maximum atomic E-state index is 14.3. The SMILES string of the molecule is Cc1ncsc1-c1ccc(CNC(=O)[C@@H]2C[C@@H](O)CN2C(=O)C(c2cc(C3CCC(N4CCC(c5cnc(N6C7CCC6CN(c6cc(-c8ccccc8O)nnc6N)C7)nc5)CC4)CC3)no2)C(C)C)cc1. The predicted octanol–water partition coefficient (Wildman–Crippen LogP) is 7.42. The maximum Gasteiger partial charge on any atom is 0.243 e. The lowest BCUT2D eigenvalue weighted by Gasteiger charge is -2.42. The first-order valence-corrected chi connectivity index (χ1v) is 27.1. The van der Waals surface area contributed by atoms with Gasteiger partial charge >= 0.3 is 0 Å². The number of aromatic hydroxyl groups is 1. The molecule has 3 unspecified atom stereocenters. The van der Waals surface area contributed by atoms with E-state index in [0.29, 0.717) is 41.3 Å². The van der Waals surface area contributed by atoms with Crippen molar-refractivity contribution in [1.29, 1.82) is 0 Å². The number of benzene rings is 2. The Hall–Kier alpha value is -6.50. The Kier molecular flexibility index (Phi) is 13.9. The molecule has 1 aliphatic carbocycles. The minimum absolute atomic E-state index is 0.0972. The number of para-hydroxylation sites is 1. The van der Waals surface area contributed by atoms with Crippen molar-refractivity contribution in [1.82, 2.24) is 45.4 Å². The molecule has 18 heteroatoms. The zero-order valence-corrected chi connectivity index (χ0v) is 42.7. The number of piperidine rings is 1. The smallest absolute Gasteiger partial charge is 0.243 e. The third kappa shape index (κ3) is 10.0. The summed E-state index contributed by atoms with van der Waals surface area (Å²) in [5, 5.41) is 37.3. The number of aromatic nitrogens is 6. The molecule has 0 spiro atoms. The van der Waals surface area contributed by atoms with Crippen LogP contribution in [0.2, 0.25) is 0 Å². The monoisotopic (exact) mass is 1010 g/mol. The highest BCUT2D eigenvalue weighted by Crippen LogP contribution is 2.41. The number of fused-ring (bicyclic) bond motifs is 2. The van der Waals surface area contributed by atoms with Gasteiger partial charge in [-0.15, -0.1) is 21.5 Å². The van der Waals surface area contributed by atoms with Gasteiger partial charge < -0.3 is 45.4 Å². The maximum absolute atomic E-state index is 14.3. The van der Waals surface area contributed by atoms with E-state index in [1.807, 2.05) is 74.8 Å². The average Bonchev–Trinajstić information content (AvgIpc) is 4.22. The van der Waals surface area contributed by atoms with Crippen LogP contribution < -0.4 is 20.9 Å². The molecule has 5 aliphatic rings. The van der Waals surface area contributed by atoms with E-state index in [4.69, 9.17) is 20.2 Å². The first-order chi connectivity index (χ1) is 35.4. The number of anilines is 3. The highest BCUT2D eigenvalue weighted by molar-refractivity contribution is 7.13. The number of nitrogens with zero attached hydrogens (tertiary/aromatic N) is 10. The van der Waals surface area contributed by atoms with Gasteiger partial charge in [-0.25, -0.2) is 15.0 Å². The number of nitrogens with two attached hydrogens (primary N) is 1. The van der Waals surface area contributed by atoms with Gasteiger partial charge in [0.1, 0.15) is 23.5 Å². The van der Waals surface area contributed by atoms with E-state index in [1.54, 1.807) is 28.4 Å². The molecule has 1 saturated carbocycles. The second-order valence-electron chi connectivity index (χ2n) is 21.3. The Balaban J connectivity index is 0.651. The van der Waals surface area contributed by atoms with Crippen LogP contribution in [0.5, 0.6) is 5.75 Å². The molecule has 2 aromatic carbocycles. The Labute approximate surface area is 430 Å². The number of carbonyl (C=O) groups is 2. The van der Waals surface area contributed by atoms with Crippen LogP contribution in [0.1, 0.15) is 118 Å². The predicted molar refractivity (Wildman–Crippen MR) is 280 cm³/mol. The number of hydrogen-bond donors (Lipinski definition) is 4. The van der Waals surface area contributed by atoms with E-state index >= 15 is 0 Å². The van der Waals surface area contributed by atoms with Crippen molar-refractivity contribution in [2.45, 2.75) is 133 Å². The normalized spacial score (nSPS) is 24.1. The van der Waals surface area contributed by atoms with Crippen LogP contribution in [0.15, 0.2) is 83.1 Å². The lowest BCUT2D eigenvalue weighted by molar-refractivity contribution is -0.141. The van der Waals surface area contributed by atoms with Crippen LogP contribution in [0.3, 0.4) is 0 Å². The standard InChI is InChI=1S/C55H66N12O5S/c1-32(2)50(54(71)66-30-42(68)22-47(66)53(70)57-25-34-8-10-37(11-9-34)51-33(3)60-31-73-51)49-24-44(63-72-49)36-12-14-39(15-13-36)64-20-18-35(19-21-64)38-26-58-55(59-27-38)67-40-16-17-41(67)29-65(28-40)46-23-45(61-62-52(46)56)43-6-4-5-7-48(43)69/h4-11,23-24,26-27,31-32,35-36,39-42,47,50,68-69H,12-22,25,28-30H2,1-3H3,(H2,56,62)(H,57,70)/t36?,39?,40?,41?,42-,47+,50?/m1/s1. The molecule has 17 nitrogen and oxygen atoms in total. The summed E-state index contributed by atoms with van der Waals surface area (Å²) in [6.07, 6.45) is 11.9. The number of aliphatic hydroxyl groups excluding tert-OH is 1. The fraction of sp³-hybridized carbons (Fsp3) is 0.491. The Bertz CT molecular complexity index is 2880. The van der Waals surface area contributed by atoms with Gasteiger partial charge in [0, 0.05) is 80.7 Å². The molecule has 4 saturated heterocycles. The van der Waals surface area contributed by atoms with Gasteiger partial charge in [0.25, 0.3) is 0 Å². The fourth-order valence-corrected chi connectivity index (χ4v) is 13.2. The molecule has 11 rings (SSSR count). The second kappa shape index (κ2) is 20.8. The molecule has 0 radical (unpaired) electrons. The first-order valence-electron chi connectivity index (χ1n) is 26.2. The topological polar surface area (TPSA) is 216 Å². The van der Waals surface area contributed by atoms with E-state index in [1.165, 1.54) is 5.56 Å². The second-order valence-corrected chi connectivity index (χ2v) is 22.2. The number of phenols is 1. The van der Waals surface area contributed by atoms with Crippen LogP contribution in [0.4, 0.5) is 17.5 Å². The molecular weight excluding hydrogens is 941 g/mol. The van der Waals surface area contributed by atoms with Gasteiger partial charge in [0.05, 0.1) is 39.3 Å². The molecular formula is C55H66N12O5S. The third-order valence-corrected chi connectivity index (χ3v) is 17.4. The van der Waals surface area contributed by atoms with Crippen molar-refractivity contribution >= 4 is 40.6 Å². The number of carbonyl (C=O) groups excluding carboxylic acids is 2. The van der Waals surface area contributed by atoms with E-state index < -0.39 is 18.1 Å². The van der Waals surface area contributed by atoms with Crippen molar-refractivity contribution in [3.8, 4) is 27.4 Å². The van der Waals surface area contributed by atoms with Gasteiger partial charge in [-0.1, -0.05) is 55.4 Å². The summed E-state index contributed by atoms with van der Waals surface area (Å²) < 4.78 is 5.99. The van der Waals surface area contributed by atoms with Crippen molar-refractivity contribution in [3.05, 3.63) is 107 Å². The van der Waals surface area contributed by atoms with Gasteiger partial charge in [-0.05, 0) is 118 Å². The molecule has 2 amide bonds. The molecule has 382 valence electrons. The number of phenolic OH excluding ortho intramolecular Hbond substituents is 1. The van der Waals surface area contributed by atoms with Gasteiger partial charge in [0.15, 0.2) is 5.82 Å². The summed E-state index contributed by atoms with van der Waals surface area (Å²) in [4.78, 5) is 52.3. The molecule has 5 N–H and O–H groups in total. The van der Waals surface area contributed by atoms with E-state index in [-0.39, 0.29) is 54.4 Å². The van der Waals surface area contributed by atoms with Crippen molar-refractivity contribution in [2.24, 2.45) is 5.92 Å². The van der Waals surface area contributed by atoms with Gasteiger partial charge in [-0.3, -0.25) is 9.59 Å². The lowest BCUT2D eigenvalue weighted by Crippen LogP contribution is -2.54. The quantitative estimate of drug-likeness (QED) is 0.0886. The van der Waals surface area contributed by atoms with Crippen LogP contribution in [0, 0.1) is 12.8 Å². The number of piperazine rings is 1. The number of nitrogen functional groups attached to an aromatic ring is 1. The molecule has 5 atom stereocenters. The van der Waals surface area contributed by atoms with Crippen LogP contribution in [0.25, 0.3) is 21.7 Å². The number of aliphatic hydroxyl groups is 1. The van der Waals surface area contributed by atoms with Gasteiger partial charge in [-0.2, -0.15) is 0 Å². The summed E-state index contributed by atoms with van der Waals surface area (Å²) in [7, 11) is 0. The Morgan fingerprint density at radius 3 is 2.26 bits per heavy atom. The molecule has 6 aromatic rings. The molecule has 2 bridgehead atoms. The summed E-state index contributed by atoms with van der Waals surface area (Å²) in [5.74, 6) is 1.31. The number of nitrogens with one attached hydrogen (secondary N) is 1. The van der Waals surface area contributed by atoms with Crippen LogP contribution in [-0.2, 0) is 16.1 Å². The van der Waals surface area contributed by atoms with Crippen LogP contribution >= 0.6 is 11.3 Å². The number of likely N-dealkylation sites (tertiary alicyclic amines) is 2. The Morgan fingerprint density at radius 1 is 0.863 bits per heavy atom. The van der Waals surface area contributed by atoms with Crippen LogP contribution in [-0.4, -0.2) is 125 Å². The molecule has 8 heterocycles. The number of β-amino-alcohol motifs (C(OH)–C–C–N with tert-alkyl or cyclic N) is 1. The van der Waals surface area contributed by atoms with E-state index in [2.05, 4.69) is 52.7 Å². The molecule has 5 fully saturated rings. The minimum Gasteiger partial charge on any atom is -0.507 e. The van der Waals surface area contributed by atoms with Crippen molar-refractivity contribution < 1.29 is 24.3 Å². The fourth-order valence-electron chi connectivity index (χ4n) is 12.4. The number of hydrogen-bond acceptors (Lipinski definition) is 16. The largest absolute Gasteiger partial charge is 0.507 e. The summed E-state index contributed by atoms with van der Waals surface area (Å²) in [5.41, 5.74) is 15.4. The van der Waals surface area contributed by atoms with E-state index in [0.717, 1.165) is 117 Å². The molecule has 73 heavy (non-hydrogen) atoms.